The lowest BCUT2D eigenvalue weighted by Crippen LogP contribution is -2.48. The Morgan fingerprint density at radius 3 is 2.83 bits per heavy atom. The van der Waals surface area contributed by atoms with Crippen LogP contribution >= 0.6 is 0 Å². The molecule has 0 amide bonds. The molecule has 1 aromatic heterocycles. The van der Waals surface area contributed by atoms with Crippen LogP contribution in [0, 0.1) is 6.92 Å². The minimum absolute atomic E-state index is 0.258. The molecule has 2 aliphatic rings. The molecule has 1 N–H and O–H groups in total. The van der Waals surface area contributed by atoms with Crippen molar-refractivity contribution in [2.75, 3.05) is 11.4 Å². The van der Waals surface area contributed by atoms with Gasteiger partial charge in [-0.1, -0.05) is 6.92 Å². The van der Waals surface area contributed by atoms with Gasteiger partial charge in [0.1, 0.15) is 25.4 Å². The number of morpholine rings is 1. The summed E-state index contributed by atoms with van der Waals surface area (Å²) < 4.78 is 7.44. The van der Waals surface area contributed by atoms with Crippen molar-refractivity contribution in [3.05, 3.63) is 5.82 Å². The van der Waals surface area contributed by atoms with Crippen LogP contribution in [0.5, 0.6) is 0 Å². The van der Waals surface area contributed by atoms with E-state index in [1.165, 1.54) is 0 Å². The van der Waals surface area contributed by atoms with Crippen LogP contribution in [0.4, 0.5) is 5.95 Å². The molecule has 0 aromatic carbocycles. The summed E-state index contributed by atoms with van der Waals surface area (Å²) in [5, 5.41) is 14.7. The number of fused-ring (bicyclic) bond motifs is 2. The van der Waals surface area contributed by atoms with Crippen molar-refractivity contribution < 1.29 is 9.84 Å². The molecule has 1 aromatic rings. The van der Waals surface area contributed by atoms with Gasteiger partial charge in [0.25, 0.3) is 0 Å². The maximum atomic E-state index is 10.3. The summed E-state index contributed by atoms with van der Waals surface area (Å²) >= 11 is 0. The van der Waals surface area contributed by atoms with Gasteiger partial charge in [-0.2, -0.15) is 4.98 Å². The lowest BCUT2D eigenvalue weighted by Gasteiger charge is -2.35. The molecule has 4 atom stereocenters. The number of nitrogens with zero attached hydrogens (tertiary/aromatic N) is 4. The number of anilines is 1. The van der Waals surface area contributed by atoms with Crippen molar-refractivity contribution in [1.82, 2.24) is 14.8 Å². The van der Waals surface area contributed by atoms with Crippen LogP contribution in [0.3, 0.4) is 0 Å². The molecule has 3 rings (SSSR count). The Morgan fingerprint density at radius 1 is 1.61 bits per heavy atom. The Balaban J connectivity index is 1.96. The van der Waals surface area contributed by atoms with E-state index >= 15 is 0 Å². The molecule has 0 unspecified atom stereocenters. The van der Waals surface area contributed by atoms with Gasteiger partial charge in [-0.15, -0.1) is 5.10 Å². The smallest absolute Gasteiger partial charge is 0.245 e. The van der Waals surface area contributed by atoms with Gasteiger partial charge in [-0.05, 0) is 13.3 Å². The summed E-state index contributed by atoms with van der Waals surface area (Å²) in [5.41, 5.74) is -0.572. The van der Waals surface area contributed by atoms with E-state index in [9.17, 15) is 5.11 Å². The van der Waals surface area contributed by atoms with Gasteiger partial charge >= 0.3 is 0 Å². The molecule has 6 nitrogen and oxygen atoms in total. The van der Waals surface area contributed by atoms with Crippen LogP contribution in [0.15, 0.2) is 0 Å². The predicted octanol–water partition coefficient (Wildman–Crippen LogP) is -0.653. The molecule has 2 aliphatic heterocycles. The molecule has 2 fully saturated rings. The molecule has 0 spiro atoms. The molecule has 3 heterocycles. The van der Waals surface area contributed by atoms with Gasteiger partial charge < -0.3 is 14.7 Å². The summed E-state index contributed by atoms with van der Waals surface area (Å²) in [6, 6.07) is -0.746. The molecule has 2 bridgehead atoms. The molecular weight excluding hydrogens is 231 g/mol. The predicted molar refractivity (Wildman–Crippen MR) is 66.5 cm³/mol. The van der Waals surface area contributed by atoms with Gasteiger partial charge in [-0.25, -0.2) is 0 Å². The maximum absolute atomic E-state index is 10.3. The number of aromatic nitrogens is 3. The summed E-state index contributed by atoms with van der Waals surface area (Å²) in [7, 11) is 7.81. The Bertz CT molecular complexity index is 460. The first-order chi connectivity index (χ1) is 8.48. The van der Waals surface area contributed by atoms with Crippen LogP contribution in [0.1, 0.15) is 19.2 Å². The highest BCUT2D eigenvalue weighted by molar-refractivity contribution is 6.12. The van der Waals surface area contributed by atoms with E-state index in [1.807, 2.05) is 25.8 Å². The fraction of sp³-hybridized carbons (Fsp3) is 0.818. The molecule has 0 aliphatic carbocycles. The van der Waals surface area contributed by atoms with Crippen LogP contribution in [0.2, 0.25) is 0 Å². The SMILES string of the molecule is [B][C@@H]1O[C@@]2(CC)CN(c3nc(C)n(C)n3)[C@@H]1[C@@H]2O. The van der Waals surface area contributed by atoms with Gasteiger partial charge in [0.05, 0.1) is 12.6 Å². The summed E-state index contributed by atoms with van der Waals surface area (Å²) in [6.07, 6.45) is 0.141. The Hall–Kier alpha value is -1.08. The molecule has 2 saturated heterocycles. The van der Waals surface area contributed by atoms with Gasteiger partial charge in [0.2, 0.25) is 5.95 Å². The first kappa shape index (κ1) is 12.0. The zero-order chi connectivity index (χ0) is 13.1. The van der Waals surface area contributed by atoms with Gasteiger partial charge in [-0.3, -0.25) is 4.68 Å². The van der Waals surface area contributed by atoms with Crippen molar-refractivity contribution in [2.45, 2.75) is 44.0 Å². The first-order valence-corrected chi connectivity index (χ1v) is 6.24. The molecular formula is C11H17BN4O2. The average Bonchev–Trinajstić information content (AvgIpc) is 2.89. The fourth-order valence-electron chi connectivity index (χ4n) is 2.95. The number of aliphatic hydroxyl groups is 1. The van der Waals surface area contributed by atoms with Crippen molar-refractivity contribution in [2.24, 2.45) is 7.05 Å². The minimum atomic E-state index is -0.582. The topological polar surface area (TPSA) is 63.4 Å². The van der Waals surface area contributed by atoms with E-state index < -0.39 is 17.7 Å². The van der Waals surface area contributed by atoms with Crippen LogP contribution in [-0.2, 0) is 11.8 Å². The van der Waals surface area contributed by atoms with Crippen molar-refractivity contribution in [1.29, 1.82) is 0 Å². The number of aryl methyl sites for hydroxylation is 2. The highest BCUT2D eigenvalue weighted by atomic mass is 16.5. The Morgan fingerprint density at radius 2 is 2.33 bits per heavy atom. The zero-order valence-corrected chi connectivity index (χ0v) is 10.9. The van der Waals surface area contributed by atoms with E-state index in [-0.39, 0.29) is 6.04 Å². The third kappa shape index (κ3) is 1.37. The molecule has 7 heteroatoms. The second-order valence-corrected chi connectivity index (χ2v) is 5.15. The first-order valence-electron chi connectivity index (χ1n) is 6.24. The third-order valence-corrected chi connectivity index (χ3v) is 4.19. The lowest BCUT2D eigenvalue weighted by molar-refractivity contribution is -0.0583. The van der Waals surface area contributed by atoms with Crippen LogP contribution < -0.4 is 4.90 Å². The van der Waals surface area contributed by atoms with E-state index in [1.54, 1.807) is 4.68 Å². The maximum Gasteiger partial charge on any atom is 0.245 e. The second kappa shape index (κ2) is 3.71. The van der Waals surface area contributed by atoms with E-state index in [2.05, 4.69) is 10.1 Å². The highest BCUT2D eigenvalue weighted by Gasteiger charge is 2.61. The molecule has 18 heavy (non-hydrogen) atoms. The average molecular weight is 248 g/mol. The van der Waals surface area contributed by atoms with Crippen molar-refractivity contribution in [3.63, 3.8) is 0 Å². The summed E-state index contributed by atoms with van der Waals surface area (Å²) in [4.78, 5) is 6.37. The minimum Gasteiger partial charge on any atom is -0.388 e. The molecule has 2 radical (unpaired) electrons. The van der Waals surface area contributed by atoms with Crippen LogP contribution in [0.25, 0.3) is 0 Å². The summed E-state index contributed by atoms with van der Waals surface area (Å²) in [6.45, 7) is 4.48. The Kier molecular flexibility index (Phi) is 2.47. The second-order valence-electron chi connectivity index (χ2n) is 5.15. The Labute approximate surface area is 107 Å². The van der Waals surface area contributed by atoms with E-state index in [4.69, 9.17) is 12.6 Å². The quantitative estimate of drug-likeness (QED) is 0.704. The monoisotopic (exact) mass is 248 g/mol. The van der Waals surface area contributed by atoms with Gasteiger partial charge in [0, 0.05) is 13.1 Å². The number of hydrogen-bond acceptors (Lipinski definition) is 5. The number of hydrogen-bond donors (Lipinski definition) is 1. The largest absolute Gasteiger partial charge is 0.388 e. The van der Waals surface area contributed by atoms with E-state index in [0.717, 1.165) is 12.2 Å². The van der Waals surface area contributed by atoms with Gasteiger partial charge in [0.15, 0.2) is 0 Å². The third-order valence-electron chi connectivity index (χ3n) is 4.19. The zero-order valence-electron chi connectivity index (χ0n) is 10.9. The molecule has 0 saturated carbocycles. The molecule has 96 valence electrons. The van der Waals surface area contributed by atoms with Crippen molar-refractivity contribution in [3.8, 4) is 0 Å². The number of rotatable bonds is 2. The lowest BCUT2D eigenvalue weighted by atomic mass is 9.90. The standard InChI is InChI=1S/C11H17BN4O2/c1-4-11-5-16(7(8(11)17)9(12)18-11)10-13-6(2)15(3)14-10/h7-9,17H,4-5H2,1-3H3/t7-,8+,9-,11+/m1/s1. The summed E-state index contributed by atoms with van der Waals surface area (Å²) in [5.74, 6) is 1.45. The number of ether oxygens (including phenoxy) is 1. The fourth-order valence-corrected chi connectivity index (χ4v) is 2.95. The normalized spacial score (nSPS) is 38.7. The van der Waals surface area contributed by atoms with E-state index in [0.29, 0.717) is 12.5 Å². The van der Waals surface area contributed by atoms with Crippen molar-refractivity contribution >= 4 is 13.8 Å². The number of aliphatic hydroxyl groups excluding tert-OH is 1. The highest BCUT2D eigenvalue weighted by Crippen LogP contribution is 2.44. The van der Waals surface area contributed by atoms with Crippen LogP contribution in [-0.4, -0.2) is 58.0 Å².